The van der Waals surface area contributed by atoms with E-state index < -0.39 is 0 Å². The predicted molar refractivity (Wildman–Crippen MR) is 52.4 cm³/mol. The molecule has 0 saturated carbocycles. The fourth-order valence-corrected chi connectivity index (χ4v) is 2.17. The van der Waals surface area contributed by atoms with Gasteiger partial charge in [0.25, 0.3) is 0 Å². The zero-order valence-electron chi connectivity index (χ0n) is 8.20. The molecule has 1 aromatic heterocycles. The Morgan fingerprint density at radius 3 is 3.23 bits per heavy atom. The molecule has 1 aliphatic heterocycles. The van der Waals surface area contributed by atoms with Crippen LogP contribution < -0.4 is 0 Å². The topological polar surface area (TPSA) is 16.4 Å². The van der Waals surface area contributed by atoms with Gasteiger partial charge in [0.05, 0.1) is 12.8 Å². The average molecular weight is 179 g/mol. The fraction of sp³-hybridized carbons (Fsp3) is 0.636. The van der Waals surface area contributed by atoms with Crippen LogP contribution in [-0.2, 0) is 6.54 Å². The maximum Gasteiger partial charge on any atom is 0.117 e. The summed E-state index contributed by atoms with van der Waals surface area (Å²) in [6.45, 7) is 4.50. The van der Waals surface area contributed by atoms with E-state index in [0.717, 1.165) is 18.3 Å². The van der Waals surface area contributed by atoms with Gasteiger partial charge in [0.2, 0.25) is 0 Å². The van der Waals surface area contributed by atoms with E-state index in [9.17, 15) is 0 Å². The summed E-state index contributed by atoms with van der Waals surface area (Å²) in [7, 11) is 0. The number of rotatable bonds is 3. The summed E-state index contributed by atoms with van der Waals surface area (Å²) in [4.78, 5) is 2.53. The van der Waals surface area contributed by atoms with Crippen molar-refractivity contribution in [1.82, 2.24) is 4.90 Å². The molecule has 0 aromatic carbocycles. The van der Waals surface area contributed by atoms with Crippen molar-refractivity contribution in [2.24, 2.45) is 0 Å². The molecular weight excluding hydrogens is 162 g/mol. The van der Waals surface area contributed by atoms with Gasteiger partial charge in [0.1, 0.15) is 5.76 Å². The van der Waals surface area contributed by atoms with Gasteiger partial charge in [-0.25, -0.2) is 0 Å². The molecule has 1 aliphatic rings. The van der Waals surface area contributed by atoms with E-state index in [-0.39, 0.29) is 0 Å². The average Bonchev–Trinajstić information content (AvgIpc) is 2.76. The molecule has 0 bridgehead atoms. The quantitative estimate of drug-likeness (QED) is 0.709. The van der Waals surface area contributed by atoms with Gasteiger partial charge in [-0.05, 0) is 37.9 Å². The summed E-state index contributed by atoms with van der Waals surface area (Å²) in [6.07, 6.45) is 5.73. The number of hydrogen-bond acceptors (Lipinski definition) is 2. The van der Waals surface area contributed by atoms with Crippen molar-refractivity contribution < 1.29 is 4.42 Å². The molecule has 1 saturated heterocycles. The lowest BCUT2D eigenvalue weighted by molar-refractivity contribution is 0.221. The van der Waals surface area contributed by atoms with Crippen LogP contribution in [0.15, 0.2) is 22.8 Å². The molecule has 0 amide bonds. The predicted octanol–water partition coefficient (Wildman–Crippen LogP) is 2.65. The third-order valence-corrected chi connectivity index (χ3v) is 2.91. The molecule has 1 atom stereocenters. The Kier molecular flexibility index (Phi) is 2.69. The highest BCUT2D eigenvalue weighted by Gasteiger charge is 2.23. The van der Waals surface area contributed by atoms with Crippen LogP contribution in [0.3, 0.4) is 0 Å². The maximum atomic E-state index is 5.35. The molecule has 1 unspecified atom stereocenters. The van der Waals surface area contributed by atoms with Gasteiger partial charge in [-0.1, -0.05) is 6.92 Å². The number of likely N-dealkylation sites (tertiary alicyclic amines) is 1. The highest BCUT2D eigenvalue weighted by atomic mass is 16.3. The third kappa shape index (κ3) is 1.94. The maximum absolute atomic E-state index is 5.35. The molecule has 2 heterocycles. The minimum absolute atomic E-state index is 0.782. The van der Waals surface area contributed by atoms with E-state index in [2.05, 4.69) is 17.9 Å². The van der Waals surface area contributed by atoms with Gasteiger partial charge in [-0.3, -0.25) is 4.90 Å². The van der Waals surface area contributed by atoms with E-state index in [1.165, 1.54) is 25.8 Å². The van der Waals surface area contributed by atoms with Crippen LogP contribution in [0, 0.1) is 0 Å². The molecule has 0 N–H and O–H groups in total. The van der Waals surface area contributed by atoms with E-state index in [0.29, 0.717) is 0 Å². The van der Waals surface area contributed by atoms with E-state index in [1.807, 2.05) is 6.07 Å². The molecule has 1 fully saturated rings. The lowest BCUT2D eigenvalue weighted by Crippen LogP contribution is -2.27. The minimum Gasteiger partial charge on any atom is -0.468 e. The monoisotopic (exact) mass is 179 g/mol. The van der Waals surface area contributed by atoms with Crippen LogP contribution in [0.2, 0.25) is 0 Å². The Hall–Kier alpha value is -0.760. The van der Waals surface area contributed by atoms with Gasteiger partial charge in [-0.15, -0.1) is 0 Å². The molecule has 2 rings (SSSR count). The molecule has 0 radical (unpaired) electrons. The lowest BCUT2D eigenvalue weighted by Gasteiger charge is -2.21. The summed E-state index contributed by atoms with van der Waals surface area (Å²) in [5.74, 6) is 1.10. The third-order valence-electron chi connectivity index (χ3n) is 2.91. The zero-order valence-corrected chi connectivity index (χ0v) is 8.20. The van der Waals surface area contributed by atoms with Crippen molar-refractivity contribution in [3.63, 3.8) is 0 Å². The second kappa shape index (κ2) is 3.97. The van der Waals surface area contributed by atoms with Gasteiger partial charge < -0.3 is 4.42 Å². The van der Waals surface area contributed by atoms with Crippen molar-refractivity contribution >= 4 is 0 Å². The van der Waals surface area contributed by atoms with Crippen molar-refractivity contribution in [2.75, 3.05) is 6.54 Å². The van der Waals surface area contributed by atoms with Gasteiger partial charge in [-0.2, -0.15) is 0 Å². The first kappa shape index (κ1) is 8.82. The number of furan rings is 1. The van der Waals surface area contributed by atoms with E-state index in [4.69, 9.17) is 4.42 Å². The SMILES string of the molecule is CCC1CCCN1Cc1ccco1. The van der Waals surface area contributed by atoms with Crippen LogP contribution in [0.5, 0.6) is 0 Å². The Balaban J connectivity index is 1.94. The highest BCUT2D eigenvalue weighted by molar-refractivity contribution is 4.99. The summed E-state index contributed by atoms with van der Waals surface area (Å²) in [5.41, 5.74) is 0. The summed E-state index contributed by atoms with van der Waals surface area (Å²) in [6, 6.07) is 4.81. The number of hydrogen-bond donors (Lipinski definition) is 0. The normalized spacial score (nSPS) is 23.9. The fourth-order valence-electron chi connectivity index (χ4n) is 2.17. The Morgan fingerprint density at radius 1 is 1.62 bits per heavy atom. The largest absolute Gasteiger partial charge is 0.468 e. The Bertz CT molecular complexity index is 243. The zero-order chi connectivity index (χ0) is 9.10. The van der Waals surface area contributed by atoms with Gasteiger partial charge in [0.15, 0.2) is 0 Å². The first-order chi connectivity index (χ1) is 6.40. The molecule has 2 heteroatoms. The molecule has 1 aromatic rings. The summed E-state index contributed by atoms with van der Waals surface area (Å²) < 4.78 is 5.35. The van der Waals surface area contributed by atoms with Crippen LogP contribution in [0.25, 0.3) is 0 Å². The second-order valence-corrected chi connectivity index (χ2v) is 3.75. The Labute approximate surface area is 79.5 Å². The van der Waals surface area contributed by atoms with E-state index in [1.54, 1.807) is 6.26 Å². The lowest BCUT2D eigenvalue weighted by atomic mass is 10.2. The van der Waals surface area contributed by atoms with Crippen LogP contribution in [0.1, 0.15) is 31.9 Å². The van der Waals surface area contributed by atoms with Crippen molar-refractivity contribution in [3.8, 4) is 0 Å². The molecule has 72 valence electrons. The van der Waals surface area contributed by atoms with Gasteiger partial charge in [0, 0.05) is 6.04 Å². The molecule has 0 spiro atoms. The number of nitrogens with zero attached hydrogens (tertiary/aromatic N) is 1. The van der Waals surface area contributed by atoms with Crippen LogP contribution >= 0.6 is 0 Å². The molecular formula is C11H17NO. The highest BCUT2D eigenvalue weighted by Crippen LogP contribution is 2.21. The smallest absolute Gasteiger partial charge is 0.117 e. The summed E-state index contributed by atoms with van der Waals surface area (Å²) in [5, 5.41) is 0. The van der Waals surface area contributed by atoms with Crippen molar-refractivity contribution in [1.29, 1.82) is 0 Å². The van der Waals surface area contributed by atoms with Crippen LogP contribution in [0.4, 0.5) is 0 Å². The standard InChI is InChI=1S/C11H17NO/c1-2-10-5-3-7-12(10)9-11-6-4-8-13-11/h4,6,8,10H,2-3,5,7,9H2,1H3. The van der Waals surface area contributed by atoms with E-state index >= 15 is 0 Å². The first-order valence-electron chi connectivity index (χ1n) is 5.16. The molecule has 0 aliphatic carbocycles. The molecule has 2 nitrogen and oxygen atoms in total. The summed E-state index contributed by atoms with van der Waals surface area (Å²) >= 11 is 0. The minimum atomic E-state index is 0.782. The van der Waals surface area contributed by atoms with Crippen molar-refractivity contribution in [2.45, 2.75) is 38.8 Å². The first-order valence-corrected chi connectivity index (χ1v) is 5.16. The van der Waals surface area contributed by atoms with Gasteiger partial charge >= 0.3 is 0 Å². The second-order valence-electron chi connectivity index (χ2n) is 3.75. The Morgan fingerprint density at radius 2 is 2.54 bits per heavy atom. The molecule has 13 heavy (non-hydrogen) atoms. The van der Waals surface area contributed by atoms with Crippen molar-refractivity contribution in [3.05, 3.63) is 24.2 Å². The van der Waals surface area contributed by atoms with Crippen LogP contribution in [-0.4, -0.2) is 17.5 Å².